The van der Waals surface area contributed by atoms with Crippen LogP contribution in [0.1, 0.15) is 38.8 Å². The molecule has 2 aromatic carbocycles. The van der Waals surface area contributed by atoms with E-state index in [1.807, 2.05) is 6.92 Å². The van der Waals surface area contributed by atoms with Gasteiger partial charge in [0.25, 0.3) is 11.8 Å². The van der Waals surface area contributed by atoms with Crippen molar-refractivity contribution in [3.63, 3.8) is 0 Å². The second kappa shape index (κ2) is 9.05. The minimum Gasteiger partial charge on any atom is -0.343 e. The van der Waals surface area contributed by atoms with Gasteiger partial charge in [-0.15, -0.1) is 0 Å². The number of hydrogen-bond acceptors (Lipinski definition) is 4. The molecule has 1 heterocycles. The summed E-state index contributed by atoms with van der Waals surface area (Å²) in [5, 5.41) is 1.81. The number of hydrogen-bond donors (Lipinski definition) is 1. The van der Waals surface area contributed by atoms with Crippen molar-refractivity contribution >= 4 is 27.5 Å². The molecule has 7 nitrogen and oxygen atoms in total. The van der Waals surface area contributed by atoms with Crippen LogP contribution < -0.4 is 9.62 Å². The van der Waals surface area contributed by atoms with Crippen molar-refractivity contribution in [1.29, 1.82) is 0 Å². The minimum absolute atomic E-state index is 0.0835. The number of sulfonamides is 1. The van der Waals surface area contributed by atoms with E-state index in [-0.39, 0.29) is 24.1 Å². The first-order chi connectivity index (χ1) is 15.3. The molecule has 1 N–H and O–H groups in total. The third-order valence-electron chi connectivity index (χ3n) is 5.27. The Bertz CT molecular complexity index is 1160. The molecule has 11 heteroatoms. The number of benzene rings is 2. The SMILES string of the molecule is CC1Cc2cc(C(=O)N(C)Cc3ccc(C(=O)NCC(F)(F)F)cc3)ccc2N1S(C)(=O)=O. The van der Waals surface area contributed by atoms with E-state index >= 15 is 0 Å². The van der Waals surface area contributed by atoms with Crippen LogP contribution in [0.2, 0.25) is 0 Å². The highest BCUT2D eigenvalue weighted by Gasteiger charge is 2.33. The topological polar surface area (TPSA) is 86.8 Å². The third-order valence-corrected chi connectivity index (χ3v) is 6.54. The standard InChI is InChI=1S/C22H24F3N3O4S/c1-14-10-18-11-17(8-9-19(18)28(14)33(3,31)32)21(30)27(2)12-15-4-6-16(7-5-15)20(29)26-13-22(23,24)25/h4-9,11,14H,10,12-13H2,1-3H3,(H,26,29). The Kier molecular flexibility index (Phi) is 6.73. The summed E-state index contributed by atoms with van der Waals surface area (Å²) in [6.07, 6.45) is -2.83. The predicted molar refractivity (Wildman–Crippen MR) is 118 cm³/mol. The van der Waals surface area contributed by atoms with E-state index in [2.05, 4.69) is 0 Å². The van der Waals surface area contributed by atoms with Gasteiger partial charge in [0.15, 0.2) is 0 Å². The molecule has 3 rings (SSSR count). The zero-order valence-electron chi connectivity index (χ0n) is 18.3. The van der Waals surface area contributed by atoms with Gasteiger partial charge in [0, 0.05) is 30.8 Å². The molecule has 2 aromatic rings. The molecule has 0 radical (unpaired) electrons. The molecule has 1 aliphatic rings. The van der Waals surface area contributed by atoms with Crippen molar-refractivity contribution in [2.24, 2.45) is 0 Å². The summed E-state index contributed by atoms with van der Waals surface area (Å²) in [6, 6.07) is 10.6. The molecule has 0 aliphatic carbocycles. The Hall–Kier alpha value is -3.08. The third kappa shape index (κ3) is 5.84. The quantitative estimate of drug-likeness (QED) is 0.685. The van der Waals surface area contributed by atoms with E-state index in [1.165, 1.54) is 21.3 Å². The minimum atomic E-state index is -4.49. The van der Waals surface area contributed by atoms with Crippen LogP contribution in [-0.2, 0) is 23.0 Å². The molecule has 1 unspecified atom stereocenters. The number of rotatable bonds is 6. The average Bonchev–Trinajstić information content (AvgIpc) is 3.06. The Balaban J connectivity index is 1.67. The van der Waals surface area contributed by atoms with Crippen LogP contribution in [0, 0.1) is 0 Å². The number of carbonyl (C=O) groups excluding carboxylic acids is 2. The largest absolute Gasteiger partial charge is 0.405 e. The first kappa shape index (κ1) is 24.6. The fourth-order valence-electron chi connectivity index (χ4n) is 3.85. The van der Waals surface area contributed by atoms with Gasteiger partial charge in [-0.05, 0) is 54.8 Å². The van der Waals surface area contributed by atoms with E-state index in [1.54, 1.807) is 42.7 Å². The molecule has 0 fully saturated rings. The Morgan fingerprint density at radius 1 is 1.12 bits per heavy atom. The van der Waals surface area contributed by atoms with Crippen molar-refractivity contribution in [3.8, 4) is 0 Å². The normalized spacial score (nSPS) is 15.8. The summed E-state index contributed by atoms with van der Waals surface area (Å²) in [4.78, 5) is 26.2. The molecule has 1 atom stereocenters. The monoisotopic (exact) mass is 483 g/mol. The highest BCUT2D eigenvalue weighted by Crippen LogP contribution is 2.35. The lowest BCUT2D eigenvalue weighted by Gasteiger charge is -2.22. The van der Waals surface area contributed by atoms with Crippen molar-refractivity contribution in [3.05, 3.63) is 64.7 Å². The first-order valence-corrected chi connectivity index (χ1v) is 11.9. The molecule has 0 bridgehead atoms. The van der Waals surface area contributed by atoms with E-state index in [9.17, 15) is 31.2 Å². The number of fused-ring (bicyclic) bond motifs is 1. The summed E-state index contributed by atoms with van der Waals surface area (Å²) in [7, 11) is -1.82. The fourth-order valence-corrected chi connectivity index (χ4v) is 5.11. The van der Waals surface area contributed by atoms with Crippen molar-refractivity contribution in [2.45, 2.75) is 32.1 Å². The molecule has 2 amide bonds. The van der Waals surface area contributed by atoms with Gasteiger partial charge in [0.2, 0.25) is 10.0 Å². The molecule has 178 valence electrons. The molecule has 1 aliphatic heterocycles. The van der Waals surface area contributed by atoms with E-state index in [0.29, 0.717) is 23.2 Å². The number of alkyl halides is 3. The maximum atomic E-state index is 12.9. The maximum absolute atomic E-state index is 12.9. The Morgan fingerprint density at radius 3 is 2.30 bits per heavy atom. The first-order valence-electron chi connectivity index (χ1n) is 10.1. The number of halogens is 3. The highest BCUT2D eigenvalue weighted by molar-refractivity contribution is 7.92. The van der Waals surface area contributed by atoms with Gasteiger partial charge in [0.05, 0.1) is 11.9 Å². The van der Waals surface area contributed by atoms with Gasteiger partial charge in [-0.1, -0.05) is 12.1 Å². The number of nitrogens with one attached hydrogen (secondary N) is 1. The van der Waals surface area contributed by atoms with Gasteiger partial charge < -0.3 is 10.2 Å². The van der Waals surface area contributed by atoms with Crippen molar-refractivity contribution in [2.75, 3.05) is 24.2 Å². The van der Waals surface area contributed by atoms with Crippen molar-refractivity contribution in [1.82, 2.24) is 10.2 Å². The number of nitrogens with zero attached hydrogens (tertiary/aromatic N) is 2. The zero-order chi connectivity index (χ0) is 24.6. The van der Waals surface area contributed by atoms with Crippen LogP contribution in [0.3, 0.4) is 0 Å². The molecule has 0 saturated carbocycles. The Labute approximate surface area is 190 Å². The second-order valence-corrected chi connectivity index (χ2v) is 9.97. The molecular weight excluding hydrogens is 459 g/mol. The van der Waals surface area contributed by atoms with E-state index in [0.717, 1.165) is 11.8 Å². The molecule has 33 heavy (non-hydrogen) atoms. The number of carbonyl (C=O) groups is 2. The molecule has 0 aromatic heterocycles. The summed E-state index contributed by atoms with van der Waals surface area (Å²) in [5.41, 5.74) is 2.54. The zero-order valence-corrected chi connectivity index (χ0v) is 19.1. The molecular formula is C22H24F3N3O4S. The highest BCUT2D eigenvalue weighted by atomic mass is 32.2. The smallest absolute Gasteiger partial charge is 0.343 e. The second-order valence-electron chi connectivity index (χ2n) is 8.11. The van der Waals surface area contributed by atoms with Gasteiger partial charge in [-0.25, -0.2) is 8.42 Å². The summed E-state index contributed by atoms with van der Waals surface area (Å²) < 4.78 is 62.2. The lowest BCUT2D eigenvalue weighted by molar-refractivity contribution is -0.123. The van der Waals surface area contributed by atoms with Crippen LogP contribution >= 0.6 is 0 Å². The van der Waals surface area contributed by atoms with Crippen LogP contribution in [-0.4, -0.2) is 57.2 Å². The summed E-state index contributed by atoms with van der Waals surface area (Å²) >= 11 is 0. The van der Waals surface area contributed by atoms with Crippen molar-refractivity contribution < 1.29 is 31.2 Å². The van der Waals surface area contributed by atoms with Crippen LogP contribution in [0.25, 0.3) is 0 Å². The molecule has 0 saturated heterocycles. The average molecular weight is 484 g/mol. The maximum Gasteiger partial charge on any atom is 0.405 e. The lowest BCUT2D eigenvalue weighted by atomic mass is 10.1. The van der Waals surface area contributed by atoms with Crippen LogP contribution in [0.4, 0.5) is 18.9 Å². The van der Waals surface area contributed by atoms with Gasteiger partial charge in [-0.2, -0.15) is 13.2 Å². The Morgan fingerprint density at radius 2 is 1.73 bits per heavy atom. The van der Waals surface area contributed by atoms with E-state index in [4.69, 9.17) is 0 Å². The fraction of sp³-hybridized carbons (Fsp3) is 0.364. The van der Waals surface area contributed by atoms with E-state index < -0.39 is 28.7 Å². The van der Waals surface area contributed by atoms with Crippen LogP contribution in [0.15, 0.2) is 42.5 Å². The van der Waals surface area contributed by atoms with Gasteiger partial charge in [-0.3, -0.25) is 13.9 Å². The number of amides is 2. The van der Waals surface area contributed by atoms with Gasteiger partial charge in [0.1, 0.15) is 6.54 Å². The summed E-state index contributed by atoms with van der Waals surface area (Å²) in [6.45, 7) is 0.611. The lowest BCUT2D eigenvalue weighted by Crippen LogP contribution is -2.34. The summed E-state index contributed by atoms with van der Waals surface area (Å²) in [5.74, 6) is -1.10. The predicted octanol–water partition coefficient (Wildman–Crippen LogP) is 2.96. The van der Waals surface area contributed by atoms with Crippen LogP contribution in [0.5, 0.6) is 0 Å². The van der Waals surface area contributed by atoms with Gasteiger partial charge >= 0.3 is 6.18 Å². The molecule has 0 spiro atoms. The number of anilines is 1.